The molecule has 1 fully saturated rings. The van der Waals surface area contributed by atoms with Crippen LogP contribution in [0.5, 0.6) is 0 Å². The molecule has 0 bridgehead atoms. The highest BCUT2D eigenvalue weighted by Gasteiger charge is 2.26. The summed E-state index contributed by atoms with van der Waals surface area (Å²) in [6.07, 6.45) is 0. The Bertz CT molecular complexity index is 469. The van der Waals surface area contributed by atoms with Gasteiger partial charge in [0, 0.05) is 37.9 Å². The molecule has 2 amide bonds. The van der Waals surface area contributed by atoms with E-state index in [9.17, 15) is 9.18 Å². The molecule has 1 aliphatic heterocycles. The highest BCUT2D eigenvalue weighted by molar-refractivity contribution is 5.89. The van der Waals surface area contributed by atoms with Crippen molar-refractivity contribution >= 4 is 11.7 Å². The molecule has 1 heterocycles. The van der Waals surface area contributed by atoms with Crippen LogP contribution in [-0.4, -0.2) is 59.8 Å². The van der Waals surface area contributed by atoms with Crippen LogP contribution in [0.4, 0.5) is 14.9 Å². The van der Waals surface area contributed by atoms with E-state index in [1.165, 1.54) is 12.1 Å². The zero-order valence-electron chi connectivity index (χ0n) is 11.6. The number of hydrogen-bond donors (Lipinski definition) is 2. The second-order valence-corrected chi connectivity index (χ2v) is 5.00. The van der Waals surface area contributed by atoms with Crippen LogP contribution < -0.4 is 5.32 Å². The Balaban J connectivity index is 1.91. The van der Waals surface area contributed by atoms with Gasteiger partial charge in [-0.15, -0.1) is 0 Å². The summed E-state index contributed by atoms with van der Waals surface area (Å²) in [5, 5.41) is 11.7. The molecule has 1 unspecified atom stereocenters. The number of anilines is 1. The van der Waals surface area contributed by atoms with Crippen LogP contribution in [0.3, 0.4) is 0 Å². The standard InChI is InChI=1S/C14H20FN3O2/c1-11-10-18(6-5-17(11)7-8-19)14(20)16-13-4-2-3-12(15)9-13/h2-4,9,11,19H,5-8,10H2,1H3,(H,16,20). The molecule has 5 nitrogen and oxygen atoms in total. The maximum Gasteiger partial charge on any atom is 0.321 e. The molecule has 0 aliphatic carbocycles. The number of β-amino-alcohol motifs (C(OH)–C–C–N with tert-alkyl or cyclic N) is 1. The first-order valence-corrected chi connectivity index (χ1v) is 6.76. The van der Waals surface area contributed by atoms with Crippen LogP contribution in [0.1, 0.15) is 6.92 Å². The number of halogens is 1. The lowest BCUT2D eigenvalue weighted by Crippen LogP contribution is -2.55. The van der Waals surface area contributed by atoms with Crippen molar-refractivity contribution in [1.82, 2.24) is 9.80 Å². The number of aliphatic hydroxyl groups excluding tert-OH is 1. The van der Waals surface area contributed by atoms with Crippen LogP contribution >= 0.6 is 0 Å². The Morgan fingerprint density at radius 2 is 2.30 bits per heavy atom. The summed E-state index contributed by atoms with van der Waals surface area (Å²) in [6.45, 7) is 4.71. The summed E-state index contributed by atoms with van der Waals surface area (Å²) in [7, 11) is 0. The van der Waals surface area contributed by atoms with E-state index in [1.54, 1.807) is 17.0 Å². The van der Waals surface area contributed by atoms with E-state index >= 15 is 0 Å². The van der Waals surface area contributed by atoms with Gasteiger partial charge in [0.25, 0.3) is 0 Å². The molecular formula is C14H20FN3O2. The third-order valence-corrected chi connectivity index (χ3v) is 3.52. The van der Waals surface area contributed by atoms with Crippen LogP contribution in [0.15, 0.2) is 24.3 Å². The fraction of sp³-hybridized carbons (Fsp3) is 0.500. The topological polar surface area (TPSA) is 55.8 Å². The average molecular weight is 281 g/mol. The first-order valence-electron chi connectivity index (χ1n) is 6.76. The van der Waals surface area contributed by atoms with E-state index < -0.39 is 0 Å². The van der Waals surface area contributed by atoms with Gasteiger partial charge in [0.15, 0.2) is 0 Å². The molecule has 2 N–H and O–H groups in total. The van der Waals surface area contributed by atoms with Crippen molar-refractivity contribution in [2.45, 2.75) is 13.0 Å². The normalized spacial score (nSPS) is 19.9. The van der Waals surface area contributed by atoms with E-state index in [4.69, 9.17) is 5.11 Å². The van der Waals surface area contributed by atoms with E-state index in [0.29, 0.717) is 25.3 Å². The molecule has 1 aliphatic rings. The highest BCUT2D eigenvalue weighted by Crippen LogP contribution is 2.13. The Labute approximate surface area is 118 Å². The smallest absolute Gasteiger partial charge is 0.321 e. The minimum absolute atomic E-state index is 0.125. The molecule has 1 saturated heterocycles. The molecule has 20 heavy (non-hydrogen) atoms. The molecule has 0 aromatic heterocycles. The number of aliphatic hydroxyl groups is 1. The highest BCUT2D eigenvalue weighted by atomic mass is 19.1. The molecule has 0 spiro atoms. The minimum Gasteiger partial charge on any atom is -0.395 e. The monoisotopic (exact) mass is 281 g/mol. The lowest BCUT2D eigenvalue weighted by molar-refractivity contribution is 0.0862. The van der Waals surface area contributed by atoms with E-state index in [2.05, 4.69) is 10.2 Å². The zero-order valence-corrected chi connectivity index (χ0v) is 11.6. The Kier molecular flexibility index (Phi) is 4.92. The van der Waals surface area contributed by atoms with E-state index in [1.807, 2.05) is 6.92 Å². The second kappa shape index (κ2) is 6.67. The fourth-order valence-electron chi connectivity index (χ4n) is 2.41. The molecule has 0 saturated carbocycles. The van der Waals surface area contributed by atoms with Gasteiger partial charge in [-0.05, 0) is 25.1 Å². The predicted octanol–water partition coefficient (Wildman–Crippen LogP) is 1.36. The molecule has 6 heteroatoms. The maximum absolute atomic E-state index is 13.1. The van der Waals surface area contributed by atoms with Crippen molar-refractivity contribution in [3.05, 3.63) is 30.1 Å². The first-order chi connectivity index (χ1) is 9.60. The third-order valence-electron chi connectivity index (χ3n) is 3.52. The Hall–Kier alpha value is -1.66. The number of rotatable bonds is 3. The quantitative estimate of drug-likeness (QED) is 0.879. The predicted molar refractivity (Wildman–Crippen MR) is 75.1 cm³/mol. The molecule has 110 valence electrons. The number of benzene rings is 1. The molecule has 2 rings (SSSR count). The van der Waals surface area contributed by atoms with Gasteiger partial charge in [-0.2, -0.15) is 0 Å². The third kappa shape index (κ3) is 3.68. The second-order valence-electron chi connectivity index (χ2n) is 5.00. The maximum atomic E-state index is 13.1. The van der Waals surface area contributed by atoms with Crippen molar-refractivity contribution in [3.8, 4) is 0 Å². The summed E-state index contributed by atoms with van der Waals surface area (Å²) in [5.41, 5.74) is 0.459. The minimum atomic E-state index is -0.371. The number of hydrogen-bond acceptors (Lipinski definition) is 3. The molecule has 1 aromatic rings. The summed E-state index contributed by atoms with van der Waals surface area (Å²) in [4.78, 5) is 16.0. The first kappa shape index (κ1) is 14.7. The number of piperazine rings is 1. The summed E-state index contributed by atoms with van der Waals surface area (Å²) in [6, 6.07) is 5.84. The van der Waals surface area contributed by atoms with E-state index in [-0.39, 0.29) is 24.5 Å². The number of nitrogens with one attached hydrogen (secondary N) is 1. The zero-order chi connectivity index (χ0) is 14.5. The SMILES string of the molecule is CC1CN(C(=O)Nc2cccc(F)c2)CCN1CCO. The van der Waals surface area contributed by atoms with Crippen molar-refractivity contribution in [3.63, 3.8) is 0 Å². The van der Waals surface area contributed by atoms with E-state index in [0.717, 1.165) is 6.54 Å². The number of carbonyl (C=O) groups is 1. The number of nitrogens with zero attached hydrogens (tertiary/aromatic N) is 2. The summed E-state index contributed by atoms with van der Waals surface area (Å²) in [5.74, 6) is -0.371. The van der Waals surface area contributed by atoms with Gasteiger partial charge < -0.3 is 15.3 Å². The van der Waals surface area contributed by atoms with Crippen molar-refractivity contribution in [2.24, 2.45) is 0 Å². The van der Waals surface area contributed by atoms with Crippen molar-refractivity contribution in [1.29, 1.82) is 0 Å². The summed E-state index contributed by atoms with van der Waals surface area (Å²) < 4.78 is 13.1. The van der Waals surface area contributed by atoms with Gasteiger partial charge in [0.2, 0.25) is 0 Å². The van der Waals surface area contributed by atoms with Gasteiger partial charge in [-0.3, -0.25) is 4.90 Å². The lowest BCUT2D eigenvalue weighted by Gasteiger charge is -2.39. The number of amides is 2. The average Bonchev–Trinajstić information content (AvgIpc) is 2.41. The van der Waals surface area contributed by atoms with Crippen molar-refractivity contribution in [2.75, 3.05) is 38.1 Å². The number of carbonyl (C=O) groups excluding carboxylic acids is 1. The van der Waals surface area contributed by atoms with Gasteiger partial charge in [-0.1, -0.05) is 6.07 Å². The Morgan fingerprint density at radius 1 is 1.50 bits per heavy atom. The van der Waals surface area contributed by atoms with Gasteiger partial charge in [0.05, 0.1) is 6.61 Å². The van der Waals surface area contributed by atoms with Crippen molar-refractivity contribution < 1.29 is 14.3 Å². The molecule has 1 aromatic carbocycles. The van der Waals surface area contributed by atoms with Gasteiger partial charge >= 0.3 is 6.03 Å². The Morgan fingerprint density at radius 3 is 2.95 bits per heavy atom. The van der Waals surface area contributed by atoms with Crippen LogP contribution in [0, 0.1) is 5.82 Å². The fourth-order valence-corrected chi connectivity index (χ4v) is 2.41. The number of urea groups is 1. The molecular weight excluding hydrogens is 261 g/mol. The lowest BCUT2D eigenvalue weighted by atomic mass is 10.2. The largest absolute Gasteiger partial charge is 0.395 e. The van der Waals surface area contributed by atoms with Crippen LogP contribution in [0.2, 0.25) is 0 Å². The van der Waals surface area contributed by atoms with Gasteiger partial charge in [0.1, 0.15) is 5.82 Å². The molecule has 1 atom stereocenters. The summed E-state index contributed by atoms with van der Waals surface area (Å²) >= 11 is 0. The van der Waals surface area contributed by atoms with Gasteiger partial charge in [-0.25, -0.2) is 9.18 Å². The van der Waals surface area contributed by atoms with Crippen LogP contribution in [-0.2, 0) is 0 Å². The van der Waals surface area contributed by atoms with Crippen LogP contribution in [0.25, 0.3) is 0 Å². The molecule has 0 radical (unpaired) electrons.